The lowest BCUT2D eigenvalue weighted by Crippen LogP contribution is -2.53. The molecular formula is C64H75Cl2F3N12O3S. The first-order chi connectivity index (χ1) is 41.2. The minimum Gasteiger partial charge on any atom is -0.462 e. The maximum Gasteiger partial charge on any atom is 0.319 e. The Hall–Kier alpha value is -6.48. The van der Waals surface area contributed by atoms with Crippen molar-refractivity contribution < 1.29 is 27.4 Å². The summed E-state index contributed by atoms with van der Waals surface area (Å²) in [6, 6.07) is 21.1. The SMILES string of the molecule is C=CC(=O)N1CC(CN(C)c2nc(OCC3(CCCC)CC(F)CN3)nc3c2CCN(c2cccc4cccc(Cl)c24)C3)C1.CNC/C=C/SCCN(C)c1nc(OCC2CCCN2C)nc2c(F)c(-c3cccc4ccc(F)c(Cl)c34)ncc12. The van der Waals surface area contributed by atoms with Gasteiger partial charge in [-0.05, 0) is 86.8 Å². The number of likely N-dealkylation sites (N-methyl/N-ethyl adjacent to an activating group) is 2. The Kier molecular flexibility index (Phi) is 20.2. The van der Waals surface area contributed by atoms with Gasteiger partial charge in [0.25, 0.3) is 0 Å². The zero-order valence-corrected chi connectivity index (χ0v) is 51.4. The summed E-state index contributed by atoms with van der Waals surface area (Å²) in [5.41, 5.74) is 3.22. The quantitative estimate of drug-likeness (QED) is 0.0491. The lowest BCUT2D eigenvalue weighted by Gasteiger charge is -2.41. The molecule has 2 N–H and O–H groups in total. The summed E-state index contributed by atoms with van der Waals surface area (Å²) >= 11 is 14.7. The van der Waals surface area contributed by atoms with Crippen LogP contribution >= 0.6 is 35.0 Å². The number of halogens is 5. The molecule has 3 atom stereocenters. The highest BCUT2D eigenvalue weighted by Gasteiger charge is 2.40. The molecule has 15 nitrogen and oxygen atoms in total. The van der Waals surface area contributed by atoms with E-state index in [0.717, 1.165) is 109 Å². The molecule has 450 valence electrons. The molecule has 3 fully saturated rings. The molecule has 7 aromatic rings. The fraction of sp³-hybridized carbons (Fsp3) is 0.438. The van der Waals surface area contributed by atoms with Crippen molar-refractivity contribution in [2.45, 2.75) is 76.2 Å². The van der Waals surface area contributed by atoms with Crippen LogP contribution in [0.5, 0.6) is 12.0 Å². The zero-order valence-electron chi connectivity index (χ0n) is 49.0. The number of rotatable bonds is 22. The molecule has 0 bridgehead atoms. The van der Waals surface area contributed by atoms with Crippen LogP contribution in [-0.2, 0) is 17.8 Å². The minimum atomic E-state index is -0.877. The molecule has 4 aromatic carbocycles. The van der Waals surface area contributed by atoms with Crippen LogP contribution in [0.2, 0.25) is 10.0 Å². The third-order valence-corrected chi connectivity index (χ3v) is 18.1. The van der Waals surface area contributed by atoms with Crippen molar-refractivity contribution in [3.63, 3.8) is 0 Å². The first-order valence-electron chi connectivity index (χ1n) is 29.3. The second-order valence-corrected chi connectivity index (χ2v) is 24.5. The number of anilines is 3. The molecule has 0 radical (unpaired) electrons. The average Bonchev–Trinajstić information content (AvgIpc) is 3.64. The third-order valence-electron chi connectivity index (χ3n) is 16.7. The van der Waals surface area contributed by atoms with E-state index in [1.54, 1.807) is 42.2 Å². The van der Waals surface area contributed by atoms with E-state index < -0.39 is 23.3 Å². The number of unbranched alkanes of at least 4 members (excludes halogenated alkanes) is 1. The molecular weight excluding hydrogens is 1140 g/mol. The number of benzene rings is 4. The summed E-state index contributed by atoms with van der Waals surface area (Å²) in [4.78, 5) is 46.1. The number of alkyl halides is 1. The molecule has 3 unspecified atom stereocenters. The first-order valence-corrected chi connectivity index (χ1v) is 31.1. The summed E-state index contributed by atoms with van der Waals surface area (Å²) in [6.45, 7) is 12.9. The molecule has 7 heterocycles. The van der Waals surface area contributed by atoms with Gasteiger partial charge in [0.05, 0.1) is 33.2 Å². The lowest BCUT2D eigenvalue weighted by atomic mass is 9.91. The third kappa shape index (κ3) is 14.0. The van der Waals surface area contributed by atoms with Gasteiger partial charge in [0, 0.05) is 118 Å². The number of ether oxygens (including phenoxy) is 2. The van der Waals surface area contributed by atoms with Crippen molar-refractivity contribution in [3.05, 3.63) is 130 Å². The topological polar surface area (TPSA) is 140 Å². The number of carbonyl (C=O) groups is 1. The van der Waals surface area contributed by atoms with E-state index in [1.807, 2.05) is 36.0 Å². The van der Waals surface area contributed by atoms with Crippen LogP contribution in [0.3, 0.4) is 0 Å². The Bertz CT molecular complexity index is 3560. The number of fused-ring (bicyclic) bond motifs is 4. The molecule has 3 aromatic heterocycles. The molecule has 21 heteroatoms. The van der Waals surface area contributed by atoms with Gasteiger partial charge in [-0.1, -0.05) is 104 Å². The van der Waals surface area contributed by atoms with Gasteiger partial charge in [0.1, 0.15) is 48.0 Å². The number of hydrogen-bond acceptors (Lipinski definition) is 15. The average molecular weight is 1220 g/mol. The first kappa shape index (κ1) is 61.6. The largest absolute Gasteiger partial charge is 0.462 e. The van der Waals surface area contributed by atoms with Gasteiger partial charge >= 0.3 is 12.0 Å². The smallest absolute Gasteiger partial charge is 0.319 e. The Morgan fingerprint density at radius 2 is 1.73 bits per heavy atom. The molecule has 4 aliphatic heterocycles. The number of amides is 1. The summed E-state index contributed by atoms with van der Waals surface area (Å²) < 4.78 is 57.6. The second kappa shape index (κ2) is 27.9. The van der Waals surface area contributed by atoms with Crippen LogP contribution in [0.15, 0.2) is 97.1 Å². The maximum atomic E-state index is 16.4. The number of nitrogens with zero attached hydrogens (tertiary/aromatic N) is 10. The molecule has 0 aliphatic carbocycles. The molecule has 85 heavy (non-hydrogen) atoms. The summed E-state index contributed by atoms with van der Waals surface area (Å²) in [5, 5.41) is 12.9. The van der Waals surface area contributed by atoms with Crippen LogP contribution < -0.4 is 34.8 Å². The van der Waals surface area contributed by atoms with E-state index in [1.165, 1.54) is 12.1 Å². The maximum absolute atomic E-state index is 16.4. The molecule has 4 aliphatic rings. The molecule has 3 saturated heterocycles. The number of carbonyl (C=O) groups excluding carboxylic acids is 1. The highest BCUT2D eigenvalue weighted by atomic mass is 35.5. The van der Waals surface area contributed by atoms with Gasteiger partial charge in [-0.3, -0.25) is 9.78 Å². The number of hydrogen-bond donors (Lipinski definition) is 2. The van der Waals surface area contributed by atoms with Crippen LogP contribution in [0, 0.1) is 17.6 Å². The van der Waals surface area contributed by atoms with Gasteiger partial charge in [-0.25, -0.2) is 13.2 Å². The van der Waals surface area contributed by atoms with Crippen molar-refractivity contribution in [1.29, 1.82) is 0 Å². The van der Waals surface area contributed by atoms with Crippen LogP contribution in [-0.4, -0.2) is 158 Å². The van der Waals surface area contributed by atoms with Crippen LogP contribution in [0.25, 0.3) is 43.7 Å². The van der Waals surface area contributed by atoms with Crippen LogP contribution in [0.1, 0.15) is 56.7 Å². The number of nitrogens with one attached hydrogen (secondary N) is 2. The number of thioether (sulfide) groups is 1. The molecule has 0 saturated carbocycles. The number of pyridine rings is 1. The van der Waals surface area contributed by atoms with Gasteiger partial charge in [0.15, 0.2) is 5.82 Å². The van der Waals surface area contributed by atoms with Gasteiger partial charge < -0.3 is 44.6 Å². The Labute approximate surface area is 510 Å². The minimum absolute atomic E-state index is 0.0271. The van der Waals surface area contributed by atoms with E-state index in [9.17, 15) is 13.6 Å². The van der Waals surface area contributed by atoms with E-state index >= 15 is 4.39 Å². The van der Waals surface area contributed by atoms with Gasteiger partial charge in [0.2, 0.25) is 5.91 Å². The zero-order chi connectivity index (χ0) is 59.8. The summed E-state index contributed by atoms with van der Waals surface area (Å²) in [6.07, 6.45) is 10.3. The number of likely N-dealkylation sites (tertiary alicyclic amines) is 2. The lowest BCUT2D eigenvalue weighted by molar-refractivity contribution is -0.131. The van der Waals surface area contributed by atoms with Crippen molar-refractivity contribution in [1.82, 2.24) is 45.4 Å². The normalized spacial score (nSPS) is 18.9. The van der Waals surface area contributed by atoms with Crippen molar-refractivity contribution >= 4 is 90.6 Å². The van der Waals surface area contributed by atoms with E-state index in [-0.39, 0.29) is 34.2 Å². The van der Waals surface area contributed by atoms with Gasteiger partial charge in [-0.15, -0.1) is 11.8 Å². The predicted molar refractivity (Wildman–Crippen MR) is 340 cm³/mol. The van der Waals surface area contributed by atoms with Crippen molar-refractivity contribution in [2.75, 3.05) is 114 Å². The fourth-order valence-electron chi connectivity index (χ4n) is 12.0. The van der Waals surface area contributed by atoms with Gasteiger partial charge in [-0.2, -0.15) is 19.9 Å². The standard InChI is InChI=1S/C34H42ClFN6O2.C30H33ClF2N6OS/c1-4-6-14-34(16-25(36)17-37-34)22-44-33-38-28-21-41(29-12-8-10-24-9-7-11-27(35)31(24)29)15-13-26(28)32(39-33)40(3)18-23-19-42(20-23)30(43)5-2;1-34-12-6-15-41-16-14-39(3)29-22-17-35-27(21-9-4-7-19-10-11-23(32)25(31)24(19)21)26(33)28(22)36-30(37-29)40-18-20-8-5-13-38(20)2/h5,7-12,23,25,37H,2,4,6,13-22H2,1,3H3;4,6-7,9-11,15,17,20,34H,5,8,12-14,16,18H2,1-3H3/b;15-6+. The van der Waals surface area contributed by atoms with Crippen molar-refractivity contribution in [3.8, 4) is 23.3 Å². The van der Waals surface area contributed by atoms with Crippen molar-refractivity contribution in [2.24, 2.45) is 5.92 Å². The molecule has 1 amide bonds. The Balaban J connectivity index is 0.000000190. The van der Waals surface area contributed by atoms with E-state index in [4.69, 9.17) is 47.6 Å². The highest BCUT2D eigenvalue weighted by molar-refractivity contribution is 8.02. The fourth-order valence-corrected chi connectivity index (χ4v) is 13.3. The number of aromatic nitrogens is 5. The molecule has 0 spiro atoms. The monoisotopic (exact) mass is 1220 g/mol. The second-order valence-electron chi connectivity index (χ2n) is 22.7. The Morgan fingerprint density at radius 1 is 0.965 bits per heavy atom. The van der Waals surface area contributed by atoms with E-state index in [2.05, 4.69) is 98.6 Å². The highest BCUT2D eigenvalue weighted by Crippen LogP contribution is 2.40. The predicted octanol–water partition coefficient (Wildman–Crippen LogP) is 11.7. The Morgan fingerprint density at radius 3 is 2.47 bits per heavy atom. The van der Waals surface area contributed by atoms with E-state index in [0.29, 0.717) is 91.8 Å². The summed E-state index contributed by atoms with van der Waals surface area (Å²) in [7, 11) is 7.93. The molecule has 11 rings (SSSR count). The summed E-state index contributed by atoms with van der Waals surface area (Å²) in [5.74, 6) is 1.30. The van der Waals surface area contributed by atoms with Crippen LogP contribution in [0.4, 0.5) is 30.5 Å².